The van der Waals surface area contributed by atoms with Gasteiger partial charge in [0.05, 0.1) is 14.2 Å². The van der Waals surface area contributed by atoms with Crippen LogP contribution >= 0.6 is 0 Å². The number of ether oxygens (including phenoxy) is 2. The molecule has 0 N–H and O–H groups in total. The van der Waals surface area contributed by atoms with Gasteiger partial charge in [0.2, 0.25) is 0 Å². The highest BCUT2D eigenvalue weighted by Crippen LogP contribution is 2.64. The topological polar surface area (TPSA) is 69.7 Å². The maximum Gasteiger partial charge on any atom is 0.327 e. The van der Waals surface area contributed by atoms with Crippen LogP contribution in [-0.4, -0.2) is 31.9 Å². The fourth-order valence-corrected chi connectivity index (χ4v) is 5.10. The summed E-state index contributed by atoms with van der Waals surface area (Å²) in [5, 5.41) is 0. The maximum absolute atomic E-state index is 12.8. The van der Waals surface area contributed by atoms with E-state index in [1.54, 1.807) is 0 Å². The molecule has 3 rings (SSSR count). The number of hydrogen-bond acceptors (Lipinski definition) is 5. The lowest BCUT2D eigenvalue weighted by Crippen LogP contribution is -2.51. The van der Waals surface area contributed by atoms with E-state index in [9.17, 15) is 14.4 Å². The van der Waals surface area contributed by atoms with Crippen molar-refractivity contribution >= 4 is 17.7 Å². The second-order valence-corrected chi connectivity index (χ2v) is 7.08. The van der Waals surface area contributed by atoms with E-state index in [4.69, 9.17) is 9.47 Å². The van der Waals surface area contributed by atoms with E-state index >= 15 is 0 Å². The smallest absolute Gasteiger partial charge is 0.327 e. The molecule has 0 heterocycles. The van der Waals surface area contributed by atoms with Crippen molar-refractivity contribution in [2.75, 3.05) is 14.2 Å². The van der Waals surface area contributed by atoms with Crippen LogP contribution in [0.3, 0.4) is 0 Å². The van der Waals surface area contributed by atoms with E-state index in [0.29, 0.717) is 12.0 Å². The van der Waals surface area contributed by atoms with Crippen molar-refractivity contribution in [2.45, 2.75) is 44.9 Å². The number of esters is 2. The Morgan fingerprint density at radius 2 is 1.79 bits per heavy atom. The molecule has 0 aromatic rings. The van der Waals surface area contributed by atoms with Crippen molar-refractivity contribution in [3.05, 3.63) is 23.8 Å². The summed E-state index contributed by atoms with van der Waals surface area (Å²) in [6, 6.07) is 0. The van der Waals surface area contributed by atoms with E-state index in [2.05, 4.69) is 6.58 Å². The summed E-state index contributed by atoms with van der Waals surface area (Å²) < 4.78 is 9.96. The van der Waals surface area contributed by atoms with Crippen LogP contribution in [-0.2, 0) is 23.9 Å². The SMILES string of the molecule is C=C1CCC(C(=O)OC)(C(=O)OC)C2=CC(=O)[C@@H]3CCCCC[C@]123. The average Bonchev–Trinajstić information content (AvgIpc) is 2.76. The Hall–Kier alpha value is -1.91. The van der Waals surface area contributed by atoms with Crippen molar-refractivity contribution in [1.82, 2.24) is 0 Å². The zero-order valence-corrected chi connectivity index (χ0v) is 14.4. The molecule has 0 radical (unpaired) electrons. The van der Waals surface area contributed by atoms with Gasteiger partial charge < -0.3 is 9.47 Å². The summed E-state index contributed by atoms with van der Waals surface area (Å²) in [5.74, 6) is -1.47. The van der Waals surface area contributed by atoms with Gasteiger partial charge in [-0.2, -0.15) is 0 Å². The third-order valence-corrected chi connectivity index (χ3v) is 6.23. The van der Waals surface area contributed by atoms with Crippen molar-refractivity contribution in [2.24, 2.45) is 16.7 Å². The highest BCUT2D eigenvalue weighted by Gasteiger charge is 2.66. The molecule has 5 nitrogen and oxygen atoms in total. The highest BCUT2D eigenvalue weighted by atomic mass is 16.5. The summed E-state index contributed by atoms with van der Waals surface area (Å²) in [5.41, 5.74) is -0.565. The molecule has 5 heteroatoms. The van der Waals surface area contributed by atoms with E-state index < -0.39 is 22.8 Å². The largest absolute Gasteiger partial charge is 0.468 e. The Bertz CT molecular complexity index is 628. The predicted molar refractivity (Wildman–Crippen MR) is 86.9 cm³/mol. The zero-order valence-electron chi connectivity index (χ0n) is 14.4. The molecular formula is C19H24O5. The monoisotopic (exact) mass is 332 g/mol. The normalized spacial score (nSPS) is 31.4. The fraction of sp³-hybridized carbons (Fsp3) is 0.632. The molecule has 2 atom stereocenters. The third kappa shape index (κ3) is 1.96. The van der Waals surface area contributed by atoms with Crippen molar-refractivity contribution in [3.63, 3.8) is 0 Å². The van der Waals surface area contributed by atoms with Gasteiger partial charge >= 0.3 is 11.9 Å². The molecule has 3 aliphatic rings. The van der Waals surface area contributed by atoms with E-state index in [-0.39, 0.29) is 18.1 Å². The molecule has 2 fully saturated rings. The standard InChI is InChI=1S/C19H24O5/c1-12-8-10-19(16(21)23-2,17(22)24-3)15-11-14(20)13-7-5-4-6-9-18(12,13)15/h11,13H,1,4-10H2,2-3H3/t13-,18+/m0/s1. The molecule has 0 saturated heterocycles. The molecule has 0 aliphatic heterocycles. The number of hydrogen-bond donors (Lipinski definition) is 0. The molecule has 0 bridgehead atoms. The molecule has 0 amide bonds. The summed E-state index contributed by atoms with van der Waals surface area (Å²) >= 11 is 0. The Labute approximate surface area is 142 Å². The van der Waals surface area contributed by atoms with Gasteiger partial charge in [0.15, 0.2) is 11.2 Å². The second-order valence-electron chi connectivity index (χ2n) is 7.08. The van der Waals surface area contributed by atoms with E-state index in [1.165, 1.54) is 20.3 Å². The lowest BCUT2D eigenvalue weighted by atomic mass is 9.53. The number of ketones is 1. The molecule has 0 unspecified atom stereocenters. The summed E-state index contributed by atoms with van der Waals surface area (Å²) in [4.78, 5) is 38.2. The molecule has 0 aromatic heterocycles. The summed E-state index contributed by atoms with van der Waals surface area (Å²) in [7, 11) is 2.54. The van der Waals surface area contributed by atoms with E-state index in [0.717, 1.165) is 37.7 Å². The summed E-state index contributed by atoms with van der Waals surface area (Å²) in [6.45, 7) is 4.25. The van der Waals surface area contributed by atoms with Crippen molar-refractivity contribution in [3.8, 4) is 0 Å². The van der Waals surface area contributed by atoms with Gasteiger partial charge in [0.25, 0.3) is 0 Å². The van der Waals surface area contributed by atoms with Crippen LogP contribution in [0.25, 0.3) is 0 Å². The van der Waals surface area contributed by atoms with Crippen molar-refractivity contribution in [1.29, 1.82) is 0 Å². The van der Waals surface area contributed by atoms with E-state index in [1.807, 2.05) is 0 Å². The second kappa shape index (κ2) is 5.87. The number of allylic oxidation sites excluding steroid dienone is 2. The van der Waals surface area contributed by atoms with Gasteiger partial charge in [-0.05, 0) is 37.3 Å². The number of carbonyl (C=O) groups is 3. The number of rotatable bonds is 2. The quantitative estimate of drug-likeness (QED) is 0.442. The van der Waals surface area contributed by atoms with Crippen LogP contribution in [0, 0.1) is 16.7 Å². The van der Waals surface area contributed by atoms with Gasteiger partial charge in [0, 0.05) is 11.3 Å². The average molecular weight is 332 g/mol. The first-order valence-electron chi connectivity index (χ1n) is 8.56. The summed E-state index contributed by atoms with van der Waals surface area (Å²) in [6.07, 6.45) is 6.81. The minimum Gasteiger partial charge on any atom is -0.468 e. The first-order valence-corrected chi connectivity index (χ1v) is 8.56. The van der Waals surface area contributed by atoms with Gasteiger partial charge in [-0.15, -0.1) is 0 Å². The molecule has 3 aliphatic carbocycles. The lowest BCUT2D eigenvalue weighted by molar-refractivity contribution is -0.168. The Morgan fingerprint density at radius 3 is 2.42 bits per heavy atom. The van der Waals surface area contributed by atoms with Crippen LogP contribution in [0.4, 0.5) is 0 Å². The predicted octanol–water partition coefficient (Wildman–Crippen LogP) is 2.74. The Kier molecular flexibility index (Phi) is 4.14. The van der Waals surface area contributed by atoms with Crippen molar-refractivity contribution < 1.29 is 23.9 Å². The minimum absolute atomic E-state index is 0.00660. The Balaban J connectivity index is 2.23. The first kappa shape index (κ1) is 16.9. The van der Waals surface area contributed by atoms with Gasteiger partial charge in [-0.25, -0.2) is 0 Å². The minimum atomic E-state index is -1.51. The number of carbonyl (C=O) groups excluding carboxylic acids is 3. The van der Waals surface area contributed by atoms with Gasteiger partial charge in [-0.3, -0.25) is 14.4 Å². The van der Waals surface area contributed by atoms with Gasteiger partial charge in [0.1, 0.15) is 0 Å². The zero-order chi connectivity index (χ0) is 17.5. The molecular weight excluding hydrogens is 308 g/mol. The molecule has 24 heavy (non-hydrogen) atoms. The number of methoxy groups -OCH3 is 2. The van der Waals surface area contributed by atoms with Crippen LogP contribution in [0.5, 0.6) is 0 Å². The molecule has 2 saturated carbocycles. The first-order chi connectivity index (χ1) is 11.4. The molecule has 0 aromatic carbocycles. The molecule has 1 spiro atoms. The third-order valence-electron chi connectivity index (χ3n) is 6.23. The Morgan fingerprint density at radius 1 is 1.12 bits per heavy atom. The van der Waals surface area contributed by atoms with Crippen LogP contribution in [0.15, 0.2) is 23.8 Å². The van der Waals surface area contributed by atoms with Crippen LogP contribution in [0.2, 0.25) is 0 Å². The fourth-order valence-electron chi connectivity index (χ4n) is 5.10. The van der Waals surface area contributed by atoms with Crippen LogP contribution < -0.4 is 0 Å². The van der Waals surface area contributed by atoms with Crippen LogP contribution in [0.1, 0.15) is 44.9 Å². The highest BCUT2D eigenvalue weighted by molar-refractivity contribution is 6.09. The van der Waals surface area contributed by atoms with Gasteiger partial charge in [-0.1, -0.05) is 31.4 Å². The lowest BCUT2D eigenvalue weighted by Gasteiger charge is -2.48. The molecule has 130 valence electrons. The maximum atomic E-state index is 12.8.